The fraction of sp³-hybridized carbons (Fsp3) is 0.400. The summed E-state index contributed by atoms with van der Waals surface area (Å²) in [5.74, 6) is -0.718. The molecule has 0 amide bonds. The SMILES string of the molecule is COC(=O)c1cc(C(F)F)c(C)c(CBr)n1. The van der Waals surface area contributed by atoms with Gasteiger partial charge in [-0.3, -0.25) is 0 Å². The first-order valence-corrected chi connectivity index (χ1v) is 5.56. The van der Waals surface area contributed by atoms with Crippen LogP contribution in [0.2, 0.25) is 0 Å². The van der Waals surface area contributed by atoms with E-state index in [1.165, 1.54) is 7.11 Å². The van der Waals surface area contributed by atoms with E-state index in [1.807, 2.05) is 0 Å². The Morgan fingerprint density at radius 3 is 2.69 bits per heavy atom. The van der Waals surface area contributed by atoms with Crippen molar-refractivity contribution in [3.63, 3.8) is 0 Å². The van der Waals surface area contributed by atoms with Crippen LogP contribution in [0.3, 0.4) is 0 Å². The average molecular weight is 294 g/mol. The van der Waals surface area contributed by atoms with Crippen LogP contribution in [0.5, 0.6) is 0 Å². The van der Waals surface area contributed by atoms with Crippen molar-refractivity contribution in [2.45, 2.75) is 18.7 Å². The minimum Gasteiger partial charge on any atom is -0.464 e. The van der Waals surface area contributed by atoms with Gasteiger partial charge in [0.1, 0.15) is 5.69 Å². The summed E-state index contributed by atoms with van der Waals surface area (Å²) in [5, 5.41) is 0.309. The van der Waals surface area contributed by atoms with E-state index in [0.29, 0.717) is 16.6 Å². The molecule has 0 saturated heterocycles. The Kier molecular flexibility index (Phi) is 4.35. The van der Waals surface area contributed by atoms with Crippen LogP contribution < -0.4 is 0 Å². The number of aromatic nitrogens is 1. The lowest BCUT2D eigenvalue weighted by atomic mass is 10.1. The zero-order valence-corrected chi connectivity index (χ0v) is 10.3. The number of nitrogens with zero attached hydrogens (tertiary/aromatic N) is 1. The zero-order chi connectivity index (χ0) is 12.3. The molecule has 0 aromatic carbocycles. The van der Waals surface area contributed by atoms with Crippen molar-refractivity contribution in [1.29, 1.82) is 0 Å². The van der Waals surface area contributed by atoms with Gasteiger partial charge in [-0.2, -0.15) is 0 Å². The average Bonchev–Trinajstić information content (AvgIpc) is 2.27. The quantitative estimate of drug-likeness (QED) is 0.635. The van der Waals surface area contributed by atoms with Crippen LogP contribution in [-0.4, -0.2) is 18.1 Å². The zero-order valence-electron chi connectivity index (χ0n) is 8.76. The lowest BCUT2D eigenvalue weighted by Gasteiger charge is -2.10. The number of esters is 1. The van der Waals surface area contributed by atoms with Gasteiger partial charge in [0.05, 0.1) is 12.8 Å². The number of carbonyl (C=O) groups excluding carboxylic acids is 1. The normalized spacial score (nSPS) is 10.6. The molecule has 0 fully saturated rings. The highest BCUT2D eigenvalue weighted by molar-refractivity contribution is 9.08. The van der Waals surface area contributed by atoms with Gasteiger partial charge in [0.2, 0.25) is 0 Å². The number of hydrogen-bond donors (Lipinski definition) is 0. The first-order chi connectivity index (χ1) is 7.51. The van der Waals surface area contributed by atoms with Crippen molar-refractivity contribution in [3.8, 4) is 0 Å². The molecule has 0 N–H and O–H groups in total. The van der Waals surface area contributed by atoms with Gasteiger partial charge in [0.25, 0.3) is 6.43 Å². The second-order valence-corrected chi connectivity index (χ2v) is 3.66. The third-order valence-corrected chi connectivity index (χ3v) is 2.70. The molecule has 0 unspecified atom stereocenters. The van der Waals surface area contributed by atoms with Gasteiger partial charge >= 0.3 is 5.97 Å². The van der Waals surface area contributed by atoms with Crippen LogP contribution in [0.4, 0.5) is 8.78 Å². The molecule has 6 heteroatoms. The van der Waals surface area contributed by atoms with E-state index in [1.54, 1.807) is 6.92 Å². The monoisotopic (exact) mass is 293 g/mol. The van der Waals surface area contributed by atoms with Crippen molar-refractivity contribution >= 4 is 21.9 Å². The number of alkyl halides is 3. The molecule has 0 bridgehead atoms. The van der Waals surface area contributed by atoms with E-state index in [-0.39, 0.29) is 11.3 Å². The maximum Gasteiger partial charge on any atom is 0.356 e. The predicted molar refractivity (Wildman–Crippen MR) is 57.9 cm³/mol. The van der Waals surface area contributed by atoms with Crippen LogP contribution >= 0.6 is 15.9 Å². The van der Waals surface area contributed by atoms with Crippen LogP contribution in [0.25, 0.3) is 0 Å². The molecule has 0 saturated carbocycles. The summed E-state index contributed by atoms with van der Waals surface area (Å²) < 4.78 is 29.8. The first kappa shape index (κ1) is 13.0. The Hall–Kier alpha value is -1.04. The highest BCUT2D eigenvalue weighted by atomic mass is 79.9. The van der Waals surface area contributed by atoms with E-state index >= 15 is 0 Å². The minimum atomic E-state index is -2.63. The maximum atomic E-state index is 12.7. The van der Waals surface area contributed by atoms with Crippen LogP contribution in [0, 0.1) is 6.92 Å². The fourth-order valence-corrected chi connectivity index (χ4v) is 1.80. The van der Waals surface area contributed by atoms with E-state index in [4.69, 9.17) is 0 Å². The Balaban J connectivity index is 3.34. The molecule has 16 heavy (non-hydrogen) atoms. The number of pyridine rings is 1. The van der Waals surface area contributed by atoms with Gasteiger partial charge in [-0.15, -0.1) is 0 Å². The van der Waals surface area contributed by atoms with E-state index in [2.05, 4.69) is 25.7 Å². The van der Waals surface area contributed by atoms with Crippen LogP contribution in [-0.2, 0) is 10.1 Å². The third-order valence-electron chi connectivity index (χ3n) is 2.17. The topological polar surface area (TPSA) is 39.2 Å². The van der Waals surface area contributed by atoms with Gasteiger partial charge in [-0.25, -0.2) is 18.6 Å². The third kappa shape index (κ3) is 2.55. The fourth-order valence-electron chi connectivity index (χ4n) is 1.25. The molecular weight excluding hydrogens is 284 g/mol. The van der Waals surface area contributed by atoms with Crippen molar-refractivity contribution < 1.29 is 18.3 Å². The molecule has 0 aliphatic carbocycles. The summed E-state index contributed by atoms with van der Waals surface area (Å²) in [5.41, 5.74) is 0.514. The number of rotatable bonds is 3. The van der Waals surface area contributed by atoms with E-state index in [9.17, 15) is 13.6 Å². The van der Waals surface area contributed by atoms with Gasteiger partial charge in [-0.05, 0) is 18.6 Å². The van der Waals surface area contributed by atoms with Crippen molar-refractivity contribution in [1.82, 2.24) is 4.98 Å². The van der Waals surface area contributed by atoms with Gasteiger partial charge in [0, 0.05) is 10.9 Å². The van der Waals surface area contributed by atoms with Crippen molar-refractivity contribution in [3.05, 3.63) is 28.6 Å². The lowest BCUT2D eigenvalue weighted by Crippen LogP contribution is -2.09. The second kappa shape index (κ2) is 5.34. The Bertz CT molecular complexity index is 410. The largest absolute Gasteiger partial charge is 0.464 e. The number of ether oxygens (including phenoxy) is 1. The summed E-state index contributed by atoms with van der Waals surface area (Å²) in [6, 6.07) is 1.07. The Labute approximate surface area is 99.9 Å². The molecule has 0 aliphatic rings. The van der Waals surface area contributed by atoms with Gasteiger partial charge < -0.3 is 4.74 Å². The summed E-state index contributed by atoms with van der Waals surface area (Å²) >= 11 is 3.14. The Morgan fingerprint density at radius 2 is 2.25 bits per heavy atom. The first-order valence-electron chi connectivity index (χ1n) is 4.44. The molecule has 0 spiro atoms. The number of halogens is 3. The van der Waals surface area contributed by atoms with Crippen molar-refractivity contribution in [2.24, 2.45) is 0 Å². The Morgan fingerprint density at radius 1 is 1.62 bits per heavy atom. The summed E-state index contributed by atoms with van der Waals surface area (Å²) in [4.78, 5) is 15.2. The van der Waals surface area contributed by atoms with Gasteiger partial charge in [0.15, 0.2) is 0 Å². The maximum absolute atomic E-state index is 12.7. The molecule has 0 aliphatic heterocycles. The molecule has 1 heterocycles. The van der Waals surface area contributed by atoms with E-state index in [0.717, 1.165) is 6.07 Å². The van der Waals surface area contributed by atoms with Crippen LogP contribution in [0.1, 0.15) is 33.7 Å². The molecule has 1 aromatic rings. The van der Waals surface area contributed by atoms with Crippen LogP contribution in [0.15, 0.2) is 6.07 Å². The summed E-state index contributed by atoms with van der Waals surface area (Å²) in [6.07, 6.45) is -2.63. The van der Waals surface area contributed by atoms with E-state index < -0.39 is 12.4 Å². The molecule has 0 atom stereocenters. The van der Waals surface area contributed by atoms with Gasteiger partial charge in [-0.1, -0.05) is 15.9 Å². The summed E-state index contributed by atoms with van der Waals surface area (Å²) in [6.45, 7) is 1.55. The highest BCUT2D eigenvalue weighted by Crippen LogP contribution is 2.26. The minimum absolute atomic E-state index is 0.0992. The molecule has 88 valence electrons. The lowest BCUT2D eigenvalue weighted by molar-refractivity contribution is 0.0593. The second-order valence-electron chi connectivity index (χ2n) is 3.09. The predicted octanol–water partition coefficient (Wildman–Crippen LogP) is 3.01. The standard InChI is InChI=1S/C10H10BrF2NO2/c1-5-6(9(12)13)3-7(10(15)16-2)14-8(5)4-11/h3,9H,4H2,1-2H3. The summed E-state index contributed by atoms with van der Waals surface area (Å²) in [7, 11) is 1.18. The molecule has 3 nitrogen and oxygen atoms in total. The molecular formula is C10H10BrF2NO2. The molecule has 1 aromatic heterocycles. The number of hydrogen-bond acceptors (Lipinski definition) is 3. The smallest absolute Gasteiger partial charge is 0.356 e. The molecule has 1 rings (SSSR count). The number of methoxy groups -OCH3 is 1. The van der Waals surface area contributed by atoms with Crippen molar-refractivity contribution in [2.75, 3.05) is 7.11 Å². The highest BCUT2D eigenvalue weighted by Gasteiger charge is 2.19. The number of carbonyl (C=O) groups is 1. The molecule has 0 radical (unpaired) electrons.